The van der Waals surface area contributed by atoms with E-state index in [1.54, 1.807) is 12.3 Å². The maximum Gasteiger partial charge on any atom is 0.170 e. The van der Waals surface area contributed by atoms with E-state index >= 15 is 0 Å². The van der Waals surface area contributed by atoms with Gasteiger partial charge in [0.2, 0.25) is 0 Å². The molecule has 1 aromatic rings. The van der Waals surface area contributed by atoms with Gasteiger partial charge in [0, 0.05) is 37.4 Å². The topological polar surface area (TPSA) is 28.2 Å². The summed E-state index contributed by atoms with van der Waals surface area (Å²) >= 11 is 0. The quantitative estimate of drug-likeness (QED) is 0.907. The highest BCUT2D eigenvalue weighted by Gasteiger charge is 2.29. The maximum atomic E-state index is 14.5. The zero-order chi connectivity index (χ0) is 14.0. The number of halogens is 1. The van der Waals surface area contributed by atoms with Crippen molar-refractivity contribution in [3.63, 3.8) is 0 Å². The van der Waals surface area contributed by atoms with Gasteiger partial charge in [-0.25, -0.2) is 9.37 Å². The summed E-state index contributed by atoms with van der Waals surface area (Å²) in [6.07, 6.45) is 1.71. The van der Waals surface area contributed by atoms with Crippen LogP contribution in [0.25, 0.3) is 0 Å². The fourth-order valence-electron chi connectivity index (χ4n) is 2.44. The summed E-state index contributed by atoms with van der Waals surface area (Å²) in [5.74, 6) is 1.54. The van der Waals surface area contributed by atoms with Crippen LogP contribution in [0.4, 0.5) is 10.2 Å². The zero-order valence-electron chi connectivity index (χ0n) is 12.3. The molecule has 0 radical (unpaired) electrons. The van der Waals surface area contributed by atoms with E-state index < -0.39 is 0 Å². The van der Waals surface area contributed by atoms with Gasteiger partial charge < -0.3 is 10.2 Å². The molecule has 3 nitrogen and oxygen atoms in total. The Hall–Kier alpha value is -1.16. The van der Waals surface area contributed by atoms with E-state index in [1.165, 1.54) is 0 Å². The molecule has 1 fully saturated rings. The first-order valence-electron chi connectivity index (χ1n) is 7.10. The molecule has 0 bridgehead atoms. The Balaban J connectivity index is 2.16. The minimum Gasteiger partial charge on any atom is -0.354 e. The third-order valence-corrected chi connectivity index (χ3v) is 3.94. The van der Waals surface area contributed by atoms with E-state index in [2.05, 4.69) is 42.9 Å². The molecule has 106 valence electrons. The first-order chi connectivity index (χ1) is 8.99. The van der Waals surface area contributed by atoms with Crippen LogP contribution in [0.15, 0.2) is 12.3 Å². The lowest BCUT2D eigenvalue weighted by molar-refractivity contribution is 0.494. The molecule has 0 aliphatic carbocycles. The van der Waals surface area contributed by atoms with E-state index in [1.807, 2.05) is 0 Å². The molecular weight excluding hydrogens is 241 g/mol. The largest absolute Gasteiger partial charge is 0.354 e. The standard InChI is InChI=1S/C15H24FN3/c1-10(2)18-7-13-5-6-17-15(14(13)16)19-8-11(3)12(4)9-19/h5-6,10-12,18H,7-9H2,1-4H3. The van der Waals surface area contributed by atoms with Crippen molar-refractivity contribution in [1.82, 2.24) is 10.3 Å². The highest BCUT2D eigenvalue weighted by molar-refractivity contribution is 5.44. The molecule has 2 heterocycles. The minimum absolute atomic E-state index is 0.169. The van der Waals surface area contributed by atoms with Crippen molar-refractivity contribution in [3.8, 4) is 0 Å². The van der Waals surface area contributed by atoms with E-state index in [9.17, 15) is 4.39 Å². The Morgan fingerprint density at radius 1 is 1.37 bits per heavy atom. The first-order valence-corrected chi connectivity index (χ1v) is 7.10. The van der Waals surface area contributed by atoms with E-state index in [0.717, 1.165) is 13.1 Å². The van der Waals surface area contributed by atoms with Gasteiger partial charge in [0.15, 0.2) is 11.6 Å². The number of anilines is 1. The molecule has 19 heavy (non-hydrogen) atoms. The number of nitrogens with zero attached hydrogens (tertiary/aromatic N) is 2. The summed E-state index contributed by atoms with van der Waals surface area (Å²) in [6, 6.07) is 2.11. The monoisotopic (exact) mass is 265 g/mol. The van der Waals surface area contributed by atoms with Crippen LogP contribution < -0.4 is 10.2 Å². The lowest BCUT2D eigenvalue weighted by Gasteiger charge is -2.19. The Bertz CT molecular complexity index is 423. The first kappa shape index (κ1) is 14.3. The van der Waals surface area contributed by atoms with Crippen molar-refractivity contribution >= 4 is 5.82 Å². The average Bonchev–Trinajstić information content (AvgIpc) is 2.68. The van der Waals surface area contributed by atoms with Crippen LogP contribution in [0.5, 0.6) is 0 Å². The van der Waals surface area contributed by atoms with Gasteiger partial charge in [0.1, 0.15) is 0 Å². The highest BCUT2D eigenvalue weighted by atomic mass is 19.1. The van der Waals surface area contributed by atoms with Gasteiger partial charge in [-0.1, -0.05) is 27.7 Å². The van der Waals surface area contributed by atoms with Crippen molar-refractivity contribution in [2.75, 3.05) is 18.0 Å². The van der Waals surface area contributed by atoms with Crippen LogP contribution in [0, 0.1) is 17.7 Å². The molecule has 0 aromatic carbocycles. The zero-order valence-corrected chi connectivity index (χ0v) is 12.3. The van der Waals surface area contributed by atoms with Gasteiger partial charge in [-0.2, -0.15) is 0 Å². The predicted molar refractivity (Wildman–Crippen MR) is 76.7 cm³/mol. The molecule has 0 amide bonds. The normalized spacial score (nSPS) is 23.4. The lowest BCUT2D eigenvalue weighted by atomic mass is 10.0. The molecule has 0 spiro atoms. The summed E-state index contributed by atoms with van der Waals surface area (Å²) in [5, 5.41) is 3.25. The molecule has 1 aliphatic heterocycles. The number of hydrogen-bond donors (Lipinski definition) is 1. The molecule has 1 saturated heterocycles. The summed E-state index contributed by atoms with van der Waals surface area (Å²) < 4.78 is 14.5. The number of pyridine rings is 1. The second-order valence-corrected chi connectivity index (χ2v) is 6.00. The van der Waals surface area contributed by atoms with E-state index in [0.29, 0.717) is 35.8 Å². The molecule has 4 heteroatoms. The van der Waals surface area contributed by atoms with Crippen molar-refractivity contribution < 1.29 is 4.39 Å². The Kier molecular flexibility index (Phi) is 4.40. The lowest BCUT2D eigenvalue weighted by Crippen LogP contribution is -2.25. The van der Waals surface area contributed by atoms with Gasteiger partial charge in [-0.3, -0.25) is 0 Å². The minimum atomic E-state index is -0.169. The molecular formula is C15H24FN3. The van der Waals surface area contributed by atoms with Gasteiger partial charge >= 0.3 is 0 Å². The van der Waals surface area contributed by atoms with Gasteiger partial charge in [-0.15, -0.1) is 0 Å². The van der Waals surface area contributed by atoms with E-state index in [4.69, 9.17) is 0 Å². The fourth-order valence-corrected chi connectivity index (χ4v) is 2.44. The maximum absolute atomic E-state index is 14.5. The SMILES string of the molecule is CC(C)NCc1ccnc(N2CC(C)C(C)C2)c1F. The fraction of sp³-hybridized carbons (Fsp3) is 0.667. The Morgan fingerprint density at radius 2 is 2.00 bits per heavy atom. The molecule has 2 unspecified atom stereocenters. The molecule has 0 saturated carbocycles. The third kappa shape index (κ3) is 3.24. The molecule has 2 rings (SSSR count). The smallest absolute Gasteiger partial charge is 0.170 e. The number of hydrogen-bond acceptors (Lipinski definition) is 3. The Labute approximate surface area is 115 Å². The number of aromatic nitrogens is 1. The number of rotatable bonds is 4. The van der Waals surface area contributed by atoms with Crippen molar-refractivity contribution in [3.05, 3.63) is 23.6 Å². The average molecular weight is 265 g/mol. The van der Waals surface area contributed by atoms with Crippen molar-refractivity contribution in [1.29, 1.82) is 0 Å². The van der Waals surface area contributed by atoms with Crippen LogP contribution >= 0.6 is 0 Å². The van der Waals surface area contributed by atoms with Gasteiger partial charge in [-0.05, 0) is 17.9 Å². The molecule has 1 aromatic heterocycles. The van der Waals surface area contributed by atoms with Crippen molar-refractivity contribution in [2.24, 2.45) is 11.8 Å². The second-order valence-electron chi connectivity index (χ2n) is 6.00. The summed E-state index contributed by atoms with van der Waals surface area (Å²) in [6.45, 7) is 10.9. The van der Waals surface area contributed by atoms with Gasteiger partial charge in [0.05, 0.1) is 0 Å². The Morgan fingerprint density at radius 3 is 2.58 bits per heavy atom. The molecule has 1 N–H and O–H groups in total. The van der Waals surface area contributed by atoms with Crippen LogP contribution in [-0.4, -0.2) is 24.1 Å². The van der Waals surface area contributed by atoms with Crippen LogP contribution in [-0.2, 0) is 6.54 Å². The summed E-state index contributed by atoms with van der Waals surface area (Å²) in [5.41, 5.74) is 0.700. The van der Waals surface area contributed by atoms with Crippen LogP contribution in [0.3, 0.4) is 0 Å². The predicted octanol–water partition coefficient (Wildman–Crippen LogP) is 2.81. The van der Waals surface area contributed by atoms with E-state index in [-0.39, 0.29) is 5.82 Å². The third-order valence-electron chi connectivity index (χ3n) is 3.94. The summed E-state index contributed by atoms with van der Waals surface area (Å²) in [7, 11) is 0. The number of nitrogens with one attached hydrogen (secondary N) is 1. The highest BCUT2D eigenvalue weighted by Crippen LogP contribution is 2.29. The van der Waals surface area contributed by atoms with Crippen LogP contribution in [0.2, 0.25) is 0 Å². The molecule has 1 aliphatic rings. The van der Waals surface area contributed by atoms with Gasteiger partial charge in [0.25, 0.3) is 0 Å². The molecule has 2 atom stereocenters. The summed E-state index contributed by atoms with van der Waals surface area (Å²) in [4.78, 5) is 6.31. The van der Waals surface area contributed by atoms with Crippen LogP contribution in [0.1, 0.15) is 33.3 Å². The second kappa shape index (κ2) is 5.87. The van der Waals surface area contributed by atoms with Crippen molar-refractivity contribution in [2.45, 2.75) is 40.3 Å².